The van der Waals surface area contributed by atoms with Crippen LogP contribution in [0.4, 0.5) is 5.69 Å². The summed E-state index contributed by atoms with van der Waals surface area (Å²) >= 11 is 0. The van der Waals surface area contributed by atoms with Crippen LogP contribution in [-0.4, -0.2) is 16.8 Å². The number of rotatable bonds is 5. The van der Waals surface area contributed by atoms with E-state index in [2.05, 4.69) is 22.5 Å². The van der Waals surface area contributed by atoms with Crippen molar-refractivity contribution < 1.29 is 0 Å². The second kappa shape index (κ2) is 5.55. The lowest BCUT2D eigenvalue weighted by Gasteiger charge is -2.11. The van der Waals surface area contributed by atoms with E-state index in [1.807, 2.05) is 29.9 Å². The first-order chi connectivity index (χ1) is 8.80. The molecule has 0 aliphatic heterocycles. The number of aryl methyl sites for hydroxylation is 1. The molecule has 2 aromatic rings. The molecule has 94 valence electrons. The van der Waals surface area contributed by atoms with E-state index < -0.39 is 0 Å². The number of hydrogen-bond acceptors (Lipinski definition) is 4. The van der Waals surface area contributed by atoms with Gasteiger partial charge in [-0.25, -0.2) is 0 Å². The van der Waals surface area contributed by atoms with Gasteiger partial charge >= 0.3 is 0 Å². The first-order valence-electron chi connectivity index (χ1n) is 5.93. The van der Waals surface area contributed by atoms with Crippen molar-refractivity contribution >= 4 is 5.69 Å². The van der Waals surface area contributed by atoms with Crippen molar-refractivity contribution in [1.29, 1.82) is 0 Å². The molecule has 2 rings (SSSR count). The summed E-state index contributed by atoms with van der Waals surface area (Å²) in [6.45, 7) is 3.55. The molecule has 0 radical (unpaired) electrons. The Balaban J connectivity index is 2.52. The van der Waals surface area contributed by atoms with Gasteiger partial charge in [0.25, 0.3) is 0 Å². The van der Waals surface area contributed by atoms with Crippen molar-refractivity contribution in [3.8, 4) is 11.3 Å². The molecule has 0 spiro atoms. The molecule has 0 aliphatic rings. The molecule has 0 bridgehead atoms. The zero-order valence-electron chi connectivity index (χ0n) is 10.6. The van der Waals surface area contributed by atoms with Gasteiger partial charge in [0, 0.05) is 24.8 Å². The largest absolute Gasteiger partial charge is 0.316 e. The average Bonchev–Trinajstić information content (AvgIpc) is 2.87. The van der Waals surface area contributed by atoms with Crippen LogP contribution in [0.2, 0.25) is 0 Å². The van der Waals surface area contributed by atoms with E-state index in [9.17, 15) is 4.91 Å². The molecule has 1 aromatic heterocycles. The summed E-state index contributed by atoms with van der Waals surface area (Å²) in [5.74, 6) is 0. The molecule has 0 atom stereocenters. The maximum Gasteiger partial charge on any atom is 0.108 e. The van der Waals surface area contributed by atoms with Crippen LogP contribution in [0, 0.1) is 4.91 Å². The maximum atomic E-state index is 10.6. The van der Waals surface area contributed by atoms with Crippen LogP contribution in [0.15, 0.2) is 35.6 Å². The van der Waals surface area contributed by atoms with Crippen molar-refractivity contribution in [2.75, 3.05) is 7.05 Å². The highest BCUT2D eigenvalue weighted by Gasteiger charge is 2.10. The van der Waals surface area contributed by atoms with Gasteiger partial charge in [0.1, 0.15) is 5.69 Å². The highest BCUT2D eigenvalue weighted by Crippen LogP contribution is 2.27. The molecule has 0 amide bonds. The Morgan fingerprint density at radius 2 is 2.22 bits per heavy atom. The highest BCUT2D eigenvalue weighted by atomic mass is 16.3. The van der Waals surface area contributed by atoms with Gasteiger partial charge in [-0.3, -0.25) is 4.68 Å². The Morgan fingerprint density at radius 3 is 2.89 bits per heavy atom. The molecule has 0 aliphatic carbocycles. The van der Waals surface area contributed by atoms with Gasteiger partial charge in [0.2, 0.25) is 0 Å². The van der Waals surface area contributed by atoms with Crippen molar-refractivity contribution in [2.45, 2.75) is 20.0 Å². The number of benzene rings is 1. The number of aromatic nitrogens is 2. The average molecular weight is 244 g/mol. The van der Waals surface area contributed by atoms with Gasteiger partial charge < -0.3 is 5.32 Å². The predicted octanol–water partition coefficient (Wildman–Crippen LogP) is 2.69. The SMILES string of the molecule is CCn1nccc1-c1ccc(N=O)cc1CNC. The van der Waals surface area contributed by atoms with E-state index >= 15 is 0 Å². The number of hydrogen-bond donors (Lipinski definition) is 1. The predicted molar refractivity (Wildman–Crippen MR) is 71.6 cm³/mol. The minimum Gasteiger partial charge on any atom is -0.316 e. The molecule has 5 heteroatoms. The summed E-state index contributed by atoms with van der Waals surface area (Å²) < 4.78 is 1.93. The van der Waals surface area contributed by atoms with Crippen molar-refractivity contribution in [1.82, 2.24) is 15.1 Å². The first-order valence-corrected chi connectivity index (χ1v) is 5.93. The minimum atomic E-state index is 0.451. The lowest BCUT2D eigenvalue weighted by Crippen LogP contribution is -2.08. The smallest absolute Gasteiger partial charge is 0.108 e. The van der Waals surface area contributed by atoms with Crippen LogP contribution in [-0.2, 0) is 13.1 Å². The van der Waals surface area contributed by atoms with Gasteiger partial charge in [-0.15, -0.1) is 4.91 Å². The van der Waals surface area contributed by atoms with E-state index in [4.69, 9.17) is 0 Å². The normalized spacial score (nSPS) is 10.6. The first kappa shape index (κ1) is 12.4. The third-order valence-electron chi connectivity index (χ3n) is 2.85. The summed E-state index contributed by atoms with van der Waals surface area (Å²) in [4.78, 5) is 10.6. The van der Waals surface area contributed by atoms with Crippen molar-refractivity contribution in [3.63, 3.8) is 0 Å². The van der Waals surface area contributed by atoms with E-state index in [1.165, 1.54) is 0 Å². The second-order valence-corrected chi connectivity index (χ2v) is 4.00. The van der Waals surface area contributed by atoms with Crippen LogP contribution >= 0.6 is 0 Å². The van der Waals surface area contributed by atoms with Crippen LogP contribution in [0.3, 0.4) is 0 Å². The minimum absolute atomic E-state index is 0.451. The highest BCUT2D eigenvalue weighted by molar-refractivity contribution is 5.66. The van der Waals surface area contributed by atoms with E-state index in [-0.39, 0.29) is 0 Å². The van der Waals surface area contributed by atoms with E-state index in [1.54, 1.807) is 12.3 Å². The number of nitrogens with one attached hydrogen (secondary N) is 1. The molecule has 1 N–H and O–H groups in total. The number of nitrogens with zero attached hydrogens (tertiary/aromatic N) is 3. The Bertz CT molecular complexity index is 548. The third kappa shape index (κ3) is 2.31. The third-order valence-corrected chi connectivity index (χ3v) is 2.85. The van der Waals surface area contributed by atoms with E-state index in [0.29, 0.717) is 12.2 Å². The molecule has 5 nitrogen and oxygen atoms in total. The lowest BCUT2D eigenvalue weighted by molar-refractivity contribution is 0.666. The fourth-order valence-electron chi connectivity index (χ4n) is 2.04. The second-order valence-electron chi connectivity index (χ2n) is 4.00. The molecule has 0 unspecified atom stereocenters. The van der Waals surface area contributed by atoms with Crippen LogP contribution in [0.1, 0.15) is 12.5 Å². The quantitative estimate of drug-likeness (QED) is 0.822. The molecule has 1 heterocycles. The summed E-state index contributed by atoms with van der Waals surface area (Å²) in [6, 6.07) is 7.44. The standard InChI is InChI=1S/C13H16N4O/c1-3-17-13(6-7-15-17)12-5-4-11(16-18)8-10(12)9-14-2/h4-8,14H,3,9H2,1-2H3. The Morgan fingerprint density at radius 1 is 1.39 bits per heavy atom. The molecule has 1 aromatic carbocycles. The Labute approximate surface area is 106 Å². The molecule has 0 fully saturated rings. The Hall–Kier alpha value is -2.01. The summed E-state index contributed by atoms with van der Waals surface area (Å²) in [7, 11) is 1.88. The summed E-state index contributed by atoms with van der Waals surface area (Å²) in [5.41, 5.74) is 3.63. The fraction of sp³-hybridized carbons (Fsp3) is 0.308. The van der Waals surface area contributed by atoms with Gasteiger partial charge in [0.05, 0.1) is 5.69 Å². The molecular weight excluding hydrogens is 228 g/mol. The van der Waals surface area contributed by atoms with E-state index in [0.717, 1.165) is 23.4 Å². The molecule has 0 saturated heterocycles. The van der Waals surface area contributed by atoms with Crippen LogP contribution in [0.5, 0.6) is 0 Å². The van der Waals surface area contributed by atoms with Crippen molar-refractivity contribution in [2.24, 2.45) is 5.18 Å². The van der Waals surface area contributed by atoms with Crippen LogP contribution < -0.4 is 5.32 Å². The van der Waals surface area contributed by atoms with Gasteiger partial charge in [-0.05, 0) is 42.9 Å². The summed E-state index contributed by atoms with van der Waals surface area (Å²) in [5, 5.41) is 10.3. The number of nitroso groups, excluding NO2 is 1. The zero-order chi connectivity index (χ0) is 13.0. The van der Waals surface area contributed by atoms with Gasteiger partial charge in [-0.2, -0.15) is 5.10 Å². The zero-order valence-corrected chi connectivity index (χ0v) is 10.6. The lowest BCUT2D eigenvalue weighted by atomic mass is 10.0. The van der Waals surface area contributed by atoms with Crippen LogP contribution in [0.25, 0.3) is 11.3 Å². The Kier molecular flexibility index (Phi) is 3.84. The fourth-order valence-corrected chi connectivity index (χ4v) is 2.04. The molecule has 0 saturated carbocycles. The summed E-state index contributed by atoms with van der Waals surface area (Å²) in [6.07, 6.45) is 1.79. The monoisotopic (exact) mass is 244 g/mol. The molecular formula is C13H16N4O. The van der Waals surface area contributed by atoms with Crippen molar-refractivity contribution in [3.05, 3.63) is 40.9 Å². The van der Waals surface area contributed by atoms with Gasteiger partial charge in [-0.1, -0.05) is 6.07 Å². The topological polar surface area (TPSA) is 59.3 Å². The molecule has 18 heavy (non-hydrogen) atoms. The maximum absolute atomic E-state index is 10.6. The van der Waals surface area contributed by atoms with Gasteiger partial charge in [0.15, 0.2) is 0 Å².